The van der Waals surface area contributed by atoms with Gasteiger partial charge >= 0.3 is 0 Å². The average molecular weight is 261 g/mol. The van der Waals surface area contributed by atoms with Gasteiger partial charge in [-0.05, 0) is 12.1 Å². The van der Waals surface area contributed by atoms with Crippen LogP contribution in [0.4, 0.5) is 11.4 Å². The van der Waals surface area contributed by atoms with Gasteiger partial charge in [0.2, 0.25) is 11.8 Å². The Kier molecular flexibility index (Phi) is 3.70. The van der Waals surface area contributed by atoms with Crippen molar-refractivity contribution in [3.8, 4) is 5.75 Å². The molecule has 2 amide bonds. The number of carbonyl (C=O) groups is 2. The Hall–Kier alpha value is -2.50. The molecule has 1 aliphatic heterocycles. The molecule has 6 nitrogen and oxygen atoms in total. The number of benzene rings is 1. The summed E-state index contributed by atoms with van der Waals surface area (Å²) in [6.07, 6.45) is 1.51. The van der Waals surface area contributed by atoms with Gasteiger partial charge in [-0.15, -0.1) is 0 Å². The minimum atomic E-state index is -0.160. The molecule has 1 aromatic carbocycles. The summed E-state index contributed by atoms with van der Waals surface area (Å²) in [6, 6.07) is 5.31. The van der Waals surface area contributed by atoms with Crippen LogP contribution in [0.2, 0.25) is 0 Å². The van der Waals surface area contributed by atoms with Gasteiger partial charge in [0.15, 0.2) is 0 Å². The Bertz CT molecular complexity index is 552. The maximum absolute atomic E-state index is 11.0. The van der Waals surface area contributed by atoms with E-state index in [2.05, 4.69) is 16.0 Å². The second-order valence-electron chi connectivity index (χ2n) is 4.11. The lowest BCUT2D eigenvalue weighted by atomic mass is 10.2. The fourth-order valence-electron chi connectivity index (χ4n) is 1.77. The normalized spacial score (nSPS) is 13.6. The van der Waals surface area contributed by atoms with Gasteiger partial charge < -0.3 is 20.7 Å². The van der Waals surface area contributed by atoms with Crippen molar-refractivity contribution in [3.63, 3.8) is 0 Å². The monoisotopic (exact) mass is 261 g/mol. The Morgan fingerprint density at radius 1 is 1.42 bits per heavy atom. The number of methoxy groups -OCH3 is 1. The topological polar surface area (TPSA) is 79.5 Å². The van der Waals surface area contributed by atoms with E-state index in [1.807, 2.05) is 0 Å². The molecular weight excluding hydrogens is 246 g/mol. The fourth-order valence-corrected chi connectivity index (χ4v) is 1.77. The number of hydrogen-bond donors (Lipinski definition) is 3. The molecule has 19 heavy (non-hydrogen) atoms. The summed E-state index contributed by atoms with van der Waals surface area (Å²) in [6.45, 7) is 1.92. The van der Waals surface area contributed by atoms with Gasteiger partial charge in [-0.25, -0.2) is 0 Å². The lowest BCUT2D eigenvalue weighted by Gasteiger charge is -2.12. The number of carbonyl (C=O) groups excluding carboxylic acids is 2. The summed E-state index contributed by atoms with van der Waals surface area (Å²) in [5, 5.41) is 8.46. The second-order valence-corrected chi connectivity index (χ2v) is 4.11. The summed E-state index contributed by atoms with van der Waals surface area (Å²) >= 11 is 0. The highest BCUT2D eigenvalue weighted by atomic mass is 16.5. The number of anilines is 2. The van der Waals surface area contributed by atoms with Crippen molar-refractivity contribution in [1.82, 2.24) is 5.32 Å². The van der Waals surface area contributed by atoms with Crippen molar-refractivity contribution < 1.29 is 14.3 Å². The highest BCUT2D eigenvalue weighted by Gasteiger charge is 2.12. The maximum atomic E-state index is 11.0. The van der Waals surface area contributed by atoms with E-state index in [1.165, 1.54) is 20.1 Å². The number of rotatable bonds is 4. The van der Waals surface area contributed by atoms with Crippen molar-refractivity contribution in [2.24, 2.45) is 0 Å². The van der Waals surface area contributed by atoms with Crippen LogP contribution < -0.4 is 20.7 Å². The summed E-state index contributed by atoms with van der Waals surface area (Å²) in [4.78, 5) is 22.1. The molecule has 100 valence electrons. The quantitative estimate of drug-likeness (QED) is 0.757. The summed E-state index contributed by atoms with van der Waals surface area (Å²) in [5.41, 5.74) is 2.18. The van der Waals surface area contributed by atoms with Gasteiger partial charge in [0.25, 0.3) is 0 Å². The lowest BCUT2D eigenvalue weighted by Crippen LogP contribution is -2.16. The molecule has 0 spiro atoms. The summed E-state index contributed by atoms with van der Waals surface area (Å²) in [7, 11) is 1.53. The van der Waals surface area contributed by atoms with Crippen molar-refractivity contribution >= 4 is 23.2 Å². The number of nitrogens with one attached hydrogen (secondary N) is 3. The van der Waals surface area contributed by atoms with E-state index in [1.54, 1.807) is 18.2 Å². The van der Waals surface area contributed by atoms with E-state index in [4.69, 9.17) is 4.74 Å². The summed E-state index contributed by atoms with van der Waals surface area (Å²) in [5.74, 6) is 0.287. The van der Waals surface area contributed by atoms with Crippen LogP contribution in [0.25, 0.3) is 0 Å². The Balaban J connectivity index is 2.17. The van der Waals surface area contributed by atoms with Crippen molar-refractivity contribution in [3.05, 3.63) is 30.0 Å². The predicted molar refractivity (Wildman–Crippen MR) is 72.0 cm³/mol. The molecule has 1 aliphatic rings. The minimum absolute atomic E-state index is 0.107. The third-order valence-electron chi connectivity index (χ3n) is 2.58. The first-order valence-electron chi connectivity index (χ1n) is 5.79. The molecule has 1 heterocycles. The van der Waals surface area contributed by atoms with Crippen LogP contribution in [0, 0.1) is 0 Å². The van der Waals surface area contributed by atoms with Crippen LogP contribution >= 0.6 is 0 Å². The second kappa shape index (κ2) is 5.43. The molecule has 0 bridgehead atoms. The van der Waals surface area contributed by atoms with Crippen LogP contribution in [-0.2, 0) is 9.59 Å². The molecule has 0 aliphatic carbocycles. The molecule has 0 saturated carbocycles. The minimum Gasteiger partial charge on any atom is -0.494 e. The van der Waals surface area contributed by atoms with Crippen molar-refractivity contribution in [2.45, 2.75) is 6.92 Å². The Morgan fingerprint density at radius 3 is 2.79 bits per heavy atom. The SMILES string of the molecule is COc1cc(NC2=CC(=O)NC2)ccc1NC(C)=O. The molecule has 0 saturated heterocycles. The van der Waals surface area contributed by atoms with E-state index in [0.717, 1.165) is 11.4 Å². The van der Waals surface area contributed by atoms with Gasteiger partial charge in [-0.3, -0.25) is 9.59 Å². The molecule has 0 radical (unpaired) electrons. The van der Waals surface area contributed by atoms with Gasteiger partial charge in [0, 0.05) is 30.5 Å². The van der Waals surface area contributed by atoms with E-state index in [-0.39, 0.29) is 11.8 Å². The maximum Gasteiger partial charge on any atom is 0.246 e. The van der Waals surface area contributed by atoms with Gasteiger partial charge in [0.1, 0.15) is 5.75 Å². The molecule has 3 N–H and O–H groups in total. The molecule has 0 fully saturated rings. The van der Waals surface area contributed by atoms with Crippen LogP contribution in [0.3, 0.4) is 0 Å². The highest BCUT2D eigenvalue weighted by molar-refractivity contribution is 5.92. The third-order valence-corrected chi connectivity index (χ3v) is 2.58. The van der Waals surface area contributed by atoms with Crippen LogP contribution in [-0.4, -0.2) is 25.5 Å². The lowest BCUT2D eigenvalue weighted by molar-refractivity contribution is -0.116. The predicted octanol–water partition coefficient (Wildman–Crippen LogP) is 1.08. The first-order chi connectivity index (χ1) is 9.08. The summed E-state index contributed by atoms with van der Waals surface area (Å²) < 4.78 is 5.22. The van der Waals surface area contributed by atoms with Crippen LogP contribution in [0.1, 0.15) is 6.92 Å². The average Bonchev–Trinajstić information content (AvgIpc) is 2.76. The first-order valence-corrected chi connectivity index (χ1v) is 5.79. The van der Waals surface area contributed by atoms with Gasteiger partial charge in [-0.2, -0.15) is 0 Å². The molecular formula is C13H15N3O3. The Labute approximate surface area is 110 Å². The van der Waals surface area contributed by atoms with E-state index < -0.39 is 0 Å². The molecule has 0 unspecified atom stereocenters. The molecule has 2 rings (SSSR count). The fraction of sp³-hybridized carbons (Fsp3) is 0.231. The van der Waals surface area contributed by atoms with Crippen molar-refractivity contribution in [2.75, 3.05) is 24.3 Å². The number of amides is 2. The largest absolute Gasteiger partial charge is 0.494 e. The molecule has 6 heteroatoms. The number of hydrogen-bond acceptors (Lipinski definition) is 4. The Morgan fingerprint density at radius 2 is 2.21 bits per heavy atom. The van der Waals surface area contributed by atoms with Crippen molar-refractivity contribution in [1.29, 1.82) is 0 Å². The standard InChI is InChI=1S/C13H15N3O3/c1-8(17)15-11-4-3-9(5-12(11)19-2)16-10-6-13(18)14-7-10/h3-6,16H,7H2,1-2H3,(H,14,18)(H,15,17). The van der Waals surface area contributed by atoms with Crippen LogP contribution in [0.5, 0.6) is 5.75 Å². The molecule has 0 atom stereocenters. The van der Waals surface area contributed by atoms with Gasteiger partial charge in [0.05, 0.1) is 19.3 Å². The van der Waals surface area contributed by atoms with E-state index in [9.17, 15) is 9.59 Å². The molecule has 1 aromatic rings. The smallest absolute Gasteiger partial charge is 0.246 e. The zero-order valence-corrected chi connectivity index (χ0v) is 10.7. The zero-order valence-electron chi connectivity index (χ0n) is 10.7. The van der Waals surface area contributed by atoms with E-state index in [0.29, 0.717) is 18.0 Å². The first kappa shape index (κ1) is 12.9. The zero-order chi connectivity index (χ0) is 13.8. The number of ether oxygens (including phenoxy) is 1. The van der Waals surface area contributed by atoms with Crippen LogP contribution in [0.15, 0.2) is 30.0 Å². The third kappa shape index (κ3) is 3.25. The van der Waals surface area contributed by atoms with Gasteiger partial charge in [-0.1, -0.05) is 0 Å². The highest BCUT2D eigenvalue weighted by Crippen LogP contribution is 2.28. The molecule has 0 aromatic heterocycles. The van der Waals surface area contributed by atoms with E-state index >= 15 is 0 Å².